The molecular weight excluding hydrogens is 1510 g/mol. The average Bonchev–Trinajstić information content (AvgIpc) is 1.64. The lowest BCUT2D eigenvalue weighted by Crippen LogP contribution is -2.41. The van der Waals surface area contributed by atoms with Gasteiger partial charge in [0.1, 0.15) is 87.5 Å². The maximum Gasteiger partial charge on any atom is 0.285 e. The van der Waals surface area contributed by atoms with E-state index in [1.165, 1.54) is 48.5 Å². The molecule has 42 nitrogen and oxygen atoms in total. The monoisotopic (exact) mass is 1620 g/mol. The van der Waals surface area contributed by atoms with Crippen LogP contribution < -0.4 is 47.1 Å². The van der Waals surface area contributed by atoms with Crippen LogP contribution in [0.1, 0.15) is 123 Å². The Labute approximate surface area is 657 Å². The van der Waals surface area contributed by atoms with Gasteiger partial charge in [0.2, 0.25) is 0 Å². The van der Waals surface area contributed by atoms with Gasteiger partial charge >= 0.3 is 0 Å². The molecule has 0 fully saturated rings. The zero-order valence-corrected chi connectivity index (χ0v) is 63.9. The third-order valence-corrected chi connectivity index (χ3v) is 16.7. The second-order valence-electron chi connectivity index (χ2n) is 26.5. The molecule has 0 aliphatic carbocycles. The molecule has 4 aromatic rings. The quantitative estimate of drug-likeness (QED) is 0.0109. The predicted octanol–water partition coefficient (Wildman–Crippen LogP) is -1.03. The lowest BCUT2D eigenvalue weighted by molar-refractivity contribution is -0.182. The second kappa shape index (κ2) is 52.0. The van der Waals surface area contributed by atoms with Crippen molar-refractivity contribution in [2.45, 2.75) is 102 Å². The Hall–Kier alpha value is -7.76. The number of aliphatic hydroxyl groups is 2. The number of nitrogens with two attached hydrogens (primary N) is 8. The summed E-state index contributed by atoms with van der Waals surface area (Å²) in [5.74, 6) is 34.3. The third kappa shape index (κ3) is 30.1. The topological polar surface area (TPSA) is 583 Å². The van der Waals surface area contributed by atoms with Crippen LogP contribution in [0.4, 0.5) is 0 Å². The Bertz CT molecular complexity index is 3370. The van der Waals surface area contributed by atoms with E-state index in [1.807, 2.05) is 13.8 Å². The molecule has 4 heterocycles. The van der Waals surface area contributed by atoms with Crippen LogP contribution in [0.25, 0.3) is 0 Å². The average molecular weight is 1620 g/mol. The number of amides is 8. The standard InChI is InChI=1S/C52H54N4O19.C20H48N6O11.H4N2/c1-31(2)19-20-67-25-35(28-73-54-47(61)39-13-5-6-14-40(39)48(54)62)70-22-32(57)21-68-26-34(69-23-33(58)24-72-53-45(59)37-11-3-4-12-38(37)46(53)60)27-71-36(29-74-55-49(63)41-15-7-8-16-42(41)50(55)64)30-75-56-51(65)43-17-9-10-18-44(43)52(56)66;1-15(2)3-4-27-5-17(11-32-21)31-9-19(36-25)7-28-6-16(30-10-20(37-26)14-35-24)8-29-18(12-33-22)13-34-23;1-2/h3-18,31-36,57-58H,19-30H2,1-2H3;15-20H,3-14,21-26H2,1-2H3;1-2H2. The van der Waals surface area contributed by atoms with Gasteiger partial charge in [-0.1, -0.05) is 76.2 Å². The lowest BCUT2D eigenvalue weighted by atomic mass is 10.1. The number of fused-ring (bicyclic) bond motifs is 4. The van der Waals surface area contributed by atoms with E-state index in [9.17, 15) is 48.6 Å². The molecule has 0 bridgehead atoms. The largest absolute Gasteiger partial charge is 0.388 e. The van der Waals surface area contributed by atoms with E-state index in [2.05, 4.69) is 40.0 Å². The second-order valence-corrected chi connectivity index (χ2v) is 26.5. The summed E-state index contributed by atoms with van der Waals surface area (Å²) in [7, 11) is 0. The van der Waals surface area contributed by atoms with Crippen LogP contribution in [0.2, 0.25) is 0 Å². The van der Waals surface area contributed by atoms with Crippen molar-refractivity contribution >= 4 is 47.3 Å². The Morgan fingerprint density at radius 1 is 0.272 bits per heavy atom. The number of hydrogen-bond donors (Lipinski definition) is 10. The van der Waals surface area contributed by atoms with Crippen molar-refractivity contribution in [1.29, 1.82) is 0 Å². The van der Waals surface area contributed by atoms with E-state index in [-0.39, 0.29) is 137 Å². The van der Waals surface area contributed by atoms with Crippen LogP contribution >= 0.6 is 0 Å². The molecular formula is C72H106N12O30. The van der Waals surface area contributed by atoms with Crippen LogP contribution in [-0.4, -0.2) is 284 Å². The molecule has 8 atom stereocenters. The number of ether oxygens (including phenoxy) is 10. The molecule has 0 aromatic heterocycles. The van der Waals surface area contributed by atoms with E-state index in [0.29, 0.717) is 51.9 Å². The SMILES string of the molecule is CC(C)CCOCC(CON)OCC(COCC(COC(CON)CON)OCC(CON)ON)ON.CC(C)CCOCC(CON1C(=O)c2ccccc2C1=O)OCC(O)COCC(COC(CON1C(=O)c2ccccc2C1=O)CON1C(=O)c2ccccc2C1=O)OCC(O)CON1C(=O)c2ccccc2C1=O.NN. The van der Waals surface area contributed by atoms with Gasteiger partial charge in [-0.3, -0.25) is 79.1 Å². The molecule has 4 aliphatic rings. The third-order valence-electron chi connectivity index (χ3n) is 16.7. The van der Waals surface area contributed by atoms with Gasteiger partial charge in [0.25, 0.3) is 47.3 Å². The minimum atomic E-state index is -1.44. The molecule has 8 rings (SSSR count). The molecule has 18 N–H and O–H groups in total. The molecule has 4 aromatic carbocycles. The van der Waals surface area contributed by atoms with Crippen LogP contribution in [0, 0.1) is 11.8 Å². The van der Waals surface area contributed by atoms with Gasteiger partial charge in [0, 0.05) is 13.2 Å². The molecule has 0 radical (unpaired) electrons. The molecule has 4 aliphatic heterocycles. The molecule has 0 saturated heterocycles. The fourth-order valence-corrected chi connectivity index (χ4v) is 10.6. The van der Waals surface area contributed by atoms with Crippen molar-refractivity contribution in [1.82, 2.24) is 20.3 Å². The first kappa shape index (κ1) is 95.1. The lowest BCUT2D eigenvalue weighted by Gasteiger charge is -2.26. The van der Waals surface area contributed by atoms with Crippen molar-refractivity contribution < 1.29 is 144 Å². The number of imide groups is 4. The highest BCUT2D eigenvalue weighted by Crippen LogP contribution is 2.28. The molecule has 634 valence electrons. The van der Waals surface area contributed by atoms with Crippen molar-refractivity contribution in [3.63, 3.8) is 0 Å². The summed E-state index contributed by atoms with van der Waals surface area (Å²) in [6, 6.07) is 24.6. The first-order valence-corrected chi connectivity index (χ1v) is 36.3. The number of benzene rings is 4. The Kier molecular flexibility index (Phi) is 43.4. The minimum Gasteiger partial charge on any atom is -0.388 e. The van der Waals surface area contributed by atoms with E-state index in [0.717, 1.165) is 12.8 Å². The summed E-state index contributed by atoms with van der Waals surface area (Å²) in [6.45, 7) is 6.39. The van der Waals surface area contributed by atoms with E-state index in [4.69, 9.17) is 117 Å². The first-order valence-electron chi connectivity index (χ1n) is 36.3. The fourth-order valence-electron chi connectivity index (χ4n) is 10.6. The van der Waals surface area contributed by atoms with E-state index >= 15 is 0 Å². The fraction of sp³-hybridized carbons (Fsp3) is 0.556. The number of rotatable bonds is 58. The highest BCUT2D eigenvalue weighted by Gasteiger charge is 2.42. The summed E-state index contributed by atoms with van der Waals surface area (Å²) in [5.41, 5.74) is 1.05. The smallest absolute Gasteiger partial charge is 0.285 e. The van der Waals surface area contributed by atoms with E-state index < -0.39 is 141 Å². The zero-order chi connectivity index (χ0) is 82.9. The maximum atomic E-state index is 13.2. The highest BCUT2D eigenvalue weighted by molar-refractivity contribution is 6.22. The van der Waals surface area contributed by atoms with Gasteiger partial charge in [-0.25, -0.2) is 35.4 Å². The van der Waals surface area contributed by atoms with Gasteiger partial charge < -0.3 is 76.9 Å². The van der Waals surface area contributed by atoms with Crippen molar-refractivity contribution in [3.05, 3.63) is 142 Å². The summed E-state index contributed by atoms with van der Waals surface area (Å²) in [5, 5.41) is 24.3. The van der Waals surface area contributed by atoms with Gasteiger partial charge in [-0.15, -0.1) is 20.3 Å². The summed E-state index contributed by atoms with van der Waals surface area (Å²) in [4.78, 5) is 155. The molecule has 8 unspecified atom stereocenters. The molecule has 0 spiro atoms. The van der Waals surface area contributed by atoms with E-state index in [1.54, 1.807) is 48.5 Å². The first-order chi connectivity index (χ1) is 55.1. The van der Waals surface area contributed by atoms with Crippen LogP contribution in [-0.2, 0) is 95.7 Å². The van der Waals surface area contributed by atoms with Crippen LogP contribution in [0.5, 0.6) is 0 Å². The molecule has 42 heteroatoms. The molecule has 114 heavy (non-hydrogen) atoms. The highest BCUT2D eigenvalue weighted by atomic mass is 16.7. The predicted molar refractivity (Wildman–Crippen MR) is 391 cm³/mol. The van der Waals surface area contributed by atoms with Crippen molar-refractivity contribution in [2.75, 3.05) is 145 Å². The Balaban J connectivity index is 0.000000438. The summed E-state index contributed by atoms with van der Waals surface area (Å²) in [6.07, 6.45) is -6.96. The number of hydrogen-bond acceptors (Lipinski definition) is 38. The number of aliphatic hydroxyl groups excluding tert-OH is 2. The summed E-state index contributed by atoms with van der Waals surface area (Å²) >= 11 is 0. The van der Waals surface area contributed by atoms with Crippen LogP contribution in [0.15, 0.2) is 97.1 Å². The van der Waals surface area contributed by atoms with Gasteiger partial charge in [-0.2, -0.15) is 0 Å². The van der Waals surface area contributed by atoms with Crippen LogP contribution in [0.3, 0.4) is 0 Å². The number of carbonyl (C=O) groups excluding carboxylic acids is 8. The minimum absolute atomic E-state index is 0.00952. The normalized spacial score (nSPS) is 16.1. The molecule has 0 saturated carbocycles. The number of hydrazine groups is 1. The summed E-state index contributed by atoms with van der Waals surface area (Å²) < 4.78 is 58.3. The van der Waals surface area contributed by atoms with Crippen molar-refractivity contribution in [3.8, 4) is 0 Å². The number of carbonyl (C=O) groups is 8. The van der Waals surface area contributed by atoms with Gasteiger partial charge in [0.15, 0.2) is 0 Å². The van der Waals surface area contributed by atoms with Crippen molar-refractivity contribution in [2.24, 2.45) is 58.9 Å². The van der Waals surface area contributed by atoms with Gasteiger partial charge in [-0.05, 0) is 73.2 Å². The Morgan fingerprint density at radius 2 is 0.482 bits per heavy atom. The maximum absolute atomic E-state index is 13.2. The molecule has 8 amide bonds. The Morgan fingerprint density at radius 3 is 0.781 bits per heavy atom. The number of hydroxylamine groups is 8. The zero-order valence-electron chi connectivity index (χ0n) is 63.9. The van der Waals surface area contributed by atoms with Gasteiger partial charge in [0.05, 0.1) is 150 Å². The number of nitrogens with zero attached hydrogens (tertiary/aromatic N) is 4.